The van der Waals surface area contributed by atoms with Crippen molar-refractivity contribution in [3.8, 4) is 0 Å². The van der Waals surface area contributed by atoms with E-state index in [0.29, 0.717) is 6.42 Å². The van der Waals surface area contributed by atoms with Crippen LogP contribution in [-0.2, 0) is 36.5 Å². The average Bonchev–Trinajstić information content (AvgIpc) is 2.79. The Balaban J connectivity index is 1.67. The average molecular weight is 419 g/mol. The van der Waals surface area contributed by atoms with Crippen LogP contribution < -0.4 is 10.8 Å². The van der Waals surface area contributed by atoms with Crippen molar-refractivity contribution in [3.63, 3.8) is 0 Å². The van der Waals surface area contributed by atoms with Crippen LogP contribution in [0.2, 0.25) is 0 Å². The smallest absolute Gasteiger partial charge is 0.467 e. The molecule has 0 saturated heterocycles. The van der Waals surface area contributed by atoms with Gasteiger partial charge in [-0.25, -0.2) is 4.79 Å². The molecule has 0 saturated carbocycles. The van der Waals surface area contributed by atoms with E-state index in [1.54, 1.807) is 14.2 Å². The molecular formula is C24H26BNO5. The van der Waals surface area contributed by atoms with Gasteiger partial charge in [0.25, 0.3) is 0 Å². The van der Waals surface area contributed by atoms with Crippen LogP contribution in [0, 0.1) is 0 Å². The number of hydrogen-bond donors (Lipinski definition) is 1. The molecule has 0 fully saturated rings. The Kier molecular flexibility index (Phi) is 7.81. The second-order valence-corrected chi connectivity index (χ2v) is 7.25. The van der Waals surface area contributed by atoms with Crippen molar-refractivity contribution in [1.29, 1.82) is 0 Å². The molecule has 7 heteroatoms. The normalized spacial score (nSPS) is 11.7. The summed E-state index contributed by atoms with van der Waals surface area (Å²) in [5.74, 6) is -0.719. The van der Waals surface area contributed by atoms with E-state index >= 15 is 0 Å². The molecule has 0 aliphatic heterocycles. The van der Waals surface area contributed by atoms with Gasteiger partial charge in [0.15, 0.2) is 0 Å². The van der Waals surface area contributed by atoms with E-state index in [4.69, 9.17) is 14.0 Å². The number of ether oxygens (including phenoxy) is 1. The molecule has 0 aliphatic carbocycles. The minimum Gasteiger partial charge on any atom is -0.467 e. The number of fused-ring (bicyclic) bond motifs is 1. The highest BCUT2D eigenvalue weighted by atomic mass is 16.6. The maximum Gasteiger partial charge on any atom is 0.493 e. The summed E-state index contributed by atoms with van der Waals surface area (Å²) in [6, 6.07) is 20.6. The molecule has 0 bridgehead atoms. The van der Waals surface area contributed by atoms with E-state index in [-0.39, 0.29) is 12.3 Å². The summed E-state index contributed by atoms with van der Waals surface area (Å²) >= 11 is 0. The fourth-order valence-electron chi connectivity index (χ4n) is 3.53. The van der Waals surface area contributed by atoms with Gasteiger partial charge in [-0.3, -0.25) is 4.79 Å². The van der Waals surface area contributed by atoms with Crippen LogP contribution in [0.5, 0.6) is 0 Å². The standard InChI is InChI=1S/C24H26BNO5/c1-29-24(28)22(15-17-9-12-21(13-10-17)25(30-2)31-3)26-23(27)16-18-8-11-19-6-4-5-7-20(19)14-18/h4-14,22H,15-16H2,1-3H3,(H,26,27)/t22-/m1/s1. The number of carbonyl (C=O) groups excluding carboxylic acids is 2. The number of esters is 1. The third-order valence-corrected chi connectivity index (χ3v) is 5.12. The third kappa shape index (κ3) is 5.93. The van der Waals surface area contributed by atoms with Crippen LogP contribution in [0.1, 0.15) is 11.1 Å². The molecule has 3 rings (SSSR count). The number of nitrogens with one attached hydrogen (secondary N) is 1. The summed E-state index contributed by atoms with van der Waals surface area (Å²) in [6.07, 6.45) is 0.502. The van der Waals surface area contributed by atoms with E-state index in [0.717, 1.165) is 27.4 Å². The lowest BCUT2D eigenvalue weighted by atomic mass is 9.78. The van der Waals surface area contributed by atoms with Gasteiger partial charge < -0.3 is 19.4 Å². The van der Waals surface area contributed by atoms with Crippen molar-refractivity contribution in [1.82, 2.24) is 5.32 Å². The first-order valence-corrected chi connectivity index (χ1v) is 10.0. The lowest BCUT2D eigenvalue weighted by Gasteiger charge is -2.17. The highest BCUT2D eigenvalue weighted by molar-refractivity contribution is 6.61. The maximum atomic E-state index is 12.6. The zero-order valence-electron chi connectivity index (χ0n) is 18.0. The first kappa shape index (κ1) is 22.5. The fourth-order valence-corrected chi connectivity index (χ4v) is 3.53. The Hall–Kier alpha value is -3.16. The molecule has 3 aromatic rings. The van der Waals surface area contributed by atoms with Crippen LogP contribution in [-0.4, -0.2) is 46.4 Å². The number of carbonyl (C=O) groups is 2. The zero-order valence-corrected chi connectivity index (χ0v) is 18.0. The molecule has 1 atom stereocenters. The van der Waals surface area contributed by atoms with Crippen LogP contribution in [0.25, 0.3) is 10.8 Å². The Labute approximate surface area is 182 Å². The highest BCUT2D eigenvalue weighted by Crippen LogP contribution is 2.16. The zero-order chi connectivity index (χ0) is 22.2. The quantitative estimate of drug-likeness (QED) is 0.426. The van der Waals surface area contributed by atoms with Gasteiger partial charge in [0, 0.05) is 20.6 Å². The molecule has 0 aromatic heterocycles. The predicted molar refractivity (Wildman–Crippen MR) is 121 cm³/mol. The molecule has 1 N–H and O–H groups in total. The summed E-state index contributed by atoms with van der Waals surface area (Å²) < 4.78 is 15.4. The van der Waals surface area contributed by atoms with Gasteiger partial charge in [0.05, 0.1) is 13.5 Å². The van der Waals surface area contributed by atoms with Gasteiger partial charge in [0.2, 0.25) is 5.91 Å². The molecule has 0 unspecified atom stereocenters. The number of hydrogen-bond acceptors (Lipinski definition) is 5. The van der Waals surface area contributed by atoms with E-state index in [1.165, 1.54) is 7.11 Å². The second-order valence-electron chi connectivity index (χ2n) is 7.25. The van der Waals surface area contributed by atoms with E-state index < -0.39 is 19.1 Å². The van der Waals surface area contributed by atoms with Crippen molar-refractivity contribution in [3.05, 3.63) is 77.9 Å². The molecule has 1 amide bonds. The monoisotopic (exact) mass is 419 g/mol. The molecule has 0 spiro atoms. The number of benzene rings is 3. The fraction of sp³-hybridized carbons (Fsp3) is 0.250. The Morgan fingerprint density at radius 3 is 2.16 bits per heavy atom. The van der Waals surface area contributed by atoms with Gasteiger partial charge in [-0.05, 0) is 27.4 Å². The summed E-state index contributed by atoms with van der Waals surface area (Å²) in [6.45, 7) is 0. The van der Waals surface area contributed by atoms with Crippen molar-refractivity contribution >= 4 is 35.2 Å². The highest BCUT2D eigenvalue weighted by Gasteiger charge is 2.23. The topological polar surface area (TPSA) is 73.9 Å². The number of rotatable bonds is 9. The summed E-state index contributed by atoms with van der Waals surface area (Å²) in [7, 11) is 4.00. The van der Waals surface area contributed by atoms with E-state index in [2.05, 4.69) is 5.32 Å². The molecule has 160 valence electrons. The predicted octanol–water partition coefficient (Wildman–Crippen LogP) is 2.27. The van der Waals surface area contributed by atoms with Crippen LogP contribution in [0.15, 0.2) is 66.7 Å². The van der Waals surface area contributed by atoms with Crippen LogP contribution in [0.4, 0.5) is 0 Å². The minimum atomic E-state index is -0.774. The molecule has 6 nitrogen and oxygen atoms in total. The Morgan fingerprint density at radius 1 is 0.871 bits per heavy atom. The van der Waals surface area contributed by atoms with Crippen molar-refractivity contribution in [2.24, 2.45) is 0 Å². The third-order valence-electron chi connectivity index (χ3n) is 5.12. The second kappa shape index (κ2) is 10.7. The molecule has 0 aliphatic rings. The van der Waals surface area contributed by atoms with Gasteiger partial charge >= 0.3 is 13.1 Å². The molecular weight excluding hydrogens is 393 g/mol. The van der Waals surface area contributed by atoms with Crippen LogP contribution in [0.3, 0.4) is 0 Å². The maximum absolute atomic E-state index is 12.6. The molecule has 31 heavy (non-hydrogen) atoms. The van der Waals surface area contributed by atoms with Crippen molar-refractivity contribution in [2.75, 3.05) is 21.3 Å². The summed E-state index contributed by atoms with van der Waals surface area (Å²) in [4.78, 5) is 24.9. The van der Waals surface area contributed by atoms with Crippen molar-refractivity contribution in [2.45, 2.75) is 18.9 Å². The minimum absolute atomic E-state index is 0.181. The SMILES string of the molecule is COB(OC)c1ccc(C[C@@H](NC(=O)Cc2ccc3ccccc3c2)C(=O)OC)cc1. The van der Waals surface area contributed by atoms with Gasteiger partial charge in [-0.2, -0.15) is 0 Å². The Bertz CT molecular complexity index is 1030. The summed E-state index contributed by atoms with van der Waals surface area (Å²) in [5, 5.41) is 5.00. The van der Waals surface area contributed by atoms with E-state index in [9.17, 15) is 9.59 Å². The number of methoxy groups -OCH3 is 1. The van der Waals surface area contributed by atoms with Gasteiger partial charge in [-0.15, -0.1) is 0 Å². The van der Waals surface area contributed by atoms with Gasteiger partial charge in [0.1, 0.15) is 6.04 Å². The molecule has 3 aromatic carbocycles. The largest absolute Gasteiger partial charge is 0.493 e. The molecule has 0 radical (unpaired) electrons. The lowest BCUT2D eigenvalue weighted by molar-refractivity contribution is -0.145. The number of amides is 1. The molecule has 0 heterocycles. The first-order valence-electron chi connectivity index (χ1n) is 10.0. The Morgan fingerprint density at radius 2 is 1.52 bits per heavy atom. The van der Waals surface area contributed by atoms with E-state index in [1.807, 2.05) is 66.7 Å². The first-order chi connectivity index (χ1) is 15.0. The van der Waals surface area contributed by atoms with Gasteiger partial charge in [-0.1, -0.05) is 66.7 Å². The van der Waals surface area contributed by atoms with Crippen molar-refractivity contribution < 1.29 is 23.6 Å². The summed E-state index contributed by atoms with van der Waals surface area (Å²) in [5.41, 5.74) is 2.63. The lowest BCUT2D eigenvalue weighted by Crippen LogP contribution is -2.43. The van der Waals surface area contributed by atoms with Crippen LogP contribution >= 0.6 is 0 Å².